The lowest BCUT2D eigenvalue weighted by molar-refractivity contribution is -0.192. The normalized spacial score (nSPS) is 24.0. The zero-order valence-corrected chi connectivity index (χ0v) is 17.7. The zero-order valence-electron chi connectivity index (χ0n) is 17.7. The minimum Gasteiger partial charge on any atom is -0.475 e. The molecule has 176 valence electrons. The van der Waals surface area contributed by atoms with Crippen LogP contribution in [0.3, 0.4) is 0 Å². The molecule has 2 saturated heterocycles. The minimum atomic E-state index is -5.08. The summed E-state index contributed by atoms with van der Waals surface area (Å²) in [6.45, 7) is 4.42. The Bertz CT molecular complexity index is 710. The van der Waals surface area contributed by atoms with Crippen molar-refractivity contribution in [3.05, 3.63) is 24.2 Å². The third-order valence-corrected chi connectivity index (χ3v) is 5.41. The highest BCUT2D eigenvalue weighted by molar-refractivity contribution is 5.76. The number of alkyl halides is 3. The van der Waals surface area contributed by atoms with Crippen molar-refractivity contribution >= 4 is 11.9 Å². The van der Waals surface area contributed by atoms with Crippen LogP contribution in [-0.2, 0) is 25.6 Å². The third kappa shape index (κ3) is 7.51. The smallest absolute Gasteiger partial charge is 0.475 e. The van der Waals surface area contributed by atoms with E-state index in [4.69, 9.17) is 23.8 Å². The standard InChI is InChI=1S/C18H28N2O4.C2HF3O2/c1-19(2)17(21)12-23-14-18-6-3-8-24-16(18)4-7-20(13-18)10-15-5-9-22-11-15;3-2(4,5)1(6)7/h5,9,11,16H,3-4,6-8,10,12-14H2,1-2H3;(H,6,7). The summed E-state index contributed by atoms with van der Waals surface area (Å²) in [6.07, 6.45) is 1.85. The number of ether oxygens (including phenoxy) is 2. The van der Waals surface area contributed by atoms with E-state index in [1.54, 1.807) is 25.3 Å². The predicted octanol–water partition coefficient (Wildman–Crippen LogP) is 2.39. The van der Waals surface area contributed by atoms with Crippen LogP contribution in [0, 0.1) is 5.41 Å². The molecule has 0 radical (unpaired) electrons. The van der Waals surface area contributed by atoms with Crippen LogP contribution < -0.4 is 0 Å². The van der Waals surface area contributed by atoms with E-state index >= 15 is 0 Å². The summed E-state index contributed by atoms with van der Waals surface area (Å²) in [5.41, 5.74) is 1.19. The van der Waals surface area contributed by atoms with E-state index in [-0.39, 0.29) is 24.0 Å². The molecule has 31 heavy (non-hydrogen) atoms. The number of carboxylic acid groups (broad SMARTS) is 1. The highest BCUT2D eigenvalue weighted by atomic mass is 19.4. The molecule has 8 nitrogen and oxygen atoms in total. The molecule has 3 rings (SSSR count). The van der Waals surface area contributed by atoms with Gasteiger partial charge in [-0.1, -0.05) is 0 Å². The van der Waals surface area contributed by atoms with E-state index in [0.717, 1.165) is 45.5 Å². The highest BCUT2D eigenvalue weighted by Gasteiger charge is 2.46. The number of furan rings is 1. The lowest BCUT2D eigenvalue weighted by Crippen LogP contribution is -2.56. The van der Waals surface area contributed by atoms with Crippen molar-refractivity contribution in [3.63, 3.8) is 0 Å². The molecule has 2 fully saturated rings. The topological polar surface area (TPSA) is 92.5 Å². The first-order valence-electron chi connectivity index (χ1n) is 9.96. The number of carbonyl (C=O) groups is 2. The van der Waals surface area contributed by atoms with Crippen molar-refractivity contribution in [2.45, 2.75) is 38.1 Å². The van der Waals surface area contributed by atoms with Crippen LogP contribution in [0.15, 0.2) is 23.0 Å². The van der Waals surface area contributed by atoms with Gasteiger partial charge in [-0.2, -0.15) is 13.2 Å². The summed E-state index contributed by atoms with van der Waals surface area (Å²) in [6, 6.07) is 2.02. The molecule has 1 aromatic heterocycles. The molecule has 0 bridgehead atoms. The van der Waals surface area contributed by atoms with E-state index in [0.29, 0.717) is 6.61 Å². The molecule has 1 N–H and O–H groups in total. The number of hydrogen-bond donors (Lipinski definition) is 1. The van der Waals surface area contributed by atoms with Gasteiger partial charge in [0.15, 0.2) is 0 Å². The largest absolute Gasteiger partial charge is 0.490 e. The highest BCUT2D eigenvalue weighted by Crippen LogP contribution is 2.40. The maximum Gasteiger partial charge on any atom is 0.490 e. The Morgan fingerprint density at radius 1 is 1.39 bits per heavy atom. The maximum absolute atomic E-state index is 11.8. The van der Waals surface area contributed by atoms with Crippen LogP contribution in [0.4, 0.5) is 13.2 Å². The Morgan fingerprint density at radius 3 is 2.68 bits per heavy atom. The molecule has 2 atom stereocenters. The second kappa shape index (κ2) is 11.0. The number of amides is 1. The number of rotatable bonds is 6. The molecular formula is C20H29F3N2O6. The first-order valence-corrected chi connectivity index (χ1v) is 9.96. The molecule has 3 heterocycles. The Balaban J connectivity index is 0.000000423. The van der Waals surface area contributed by atoms with Crippen LogP contribution >= 0.6 is 0 Å². The first-order chi connectivity index (χ1) is 14.5. The minimum absolute atomic E-state index is 0.00532. The third-order valence-electron chi connectivity index (χ3n) is 5.41. The SMILES string of the molecule is CN(C)C(=O)COCC12CCCOC1CCN(Cc1ccoc1)C2.O=C(O)C(F)(F)F. The molecule has 0 spiro atoms. The van der Waals surface area contributed by atoms with Gasteiger partial charge in [-0.05, 0) is 25.3 Å². The lowest BCUT2D eigenvalue weighted by atomic mass is 9.73. The summed E-state index contributed by atoms with van der Waals surface area (Å²) in [5.74, 6) is -2.75. The van der Waals surface area contributed by atoms with Gasteiger partial charge in [-0.3, -0.25) is 9.69 Å². The molecule has 2 aliphatic rings. The van der Waals surface area contributed by atoms with E-state index < -0.39 is 12.1 Å². The molecule has 0 aromatic carbocycles. The zero-order chi connectivity index (χ0) is 23.1. The monoisotopic (exact) mass is 450 g/mol. The van der Waals surface area contributed by atoms with Gasteiger partial charge in [-0.25, -0.2) is 4.79 Å². The van der Waals surface area contributed by atoms with Crippen LogP contribution in [0.2, 0.25) is 0 Å². The average Bonchev–Trinajstić information content (AvgIpc) is 3.20. The number of carboxylic acids is 1. The number of carbonyl (C=O) groups excluding carboxylic acids is 1. The average molecular weight is 450 g/mol. The van der Waals surface area contributed by atoms with Crippen molar-refractivity contribution in [1.29, 1.82) is 0 Å². The van der Waals surface area contributed by atoms with Crippen molar-refractivity contribution in [1.82, 2.24) is 9.80 Å². The lowest BCUT2D eigenvalue weighted by Gasteiger charge is -2.50. The Kier molecular flexibility index (Phi) is 8.90. The van der Waals surface area contributed by atoms with Crippen molar-refractivity contribution in [2.75, 3.05) is 47.0 Å². The summed E-state index contributed by atoms with van der Waals surface area (Å²) >= 11 is 0. The van der Waals surface area contributed by atoms with Gasteiger partial charge in [-0.15, -0.1) is 0 Å². The van der Waals surface area contributed by atoms with Gasteiger partial charge in [0, 0.05) is 51.3 Å². The number of nitrogens with zero attached hydrogens (tertiary/aromatic N) is 2. The van der Waals surface area contributed by atoms with Gasteiger partial charge in [0.25, 0.3) is 0 Å². The van der Waals surface area contributed by atoms with Gasteiger partial charge in [0.1, 0.15) is 6.61 Å². The van der Waals surface area contributed by atoms with Gasteiger partial charge in [0.05, 0.1) is 25.2 Å². The van der Waals surface area contributed by atoms with Gasteiger partial charge < -0.3 is 23.9 Å². The van der Waals surface area contributed by atoms with Crippen molar-refractivity contribution in [3.8, 4) is 0 Å². The summed E-state index contributed by atoms with van der Waals surface area (Å²) in [4.78, 5) is 24.7. The fourth-order valence-corrected chi connectivity index (χ4v) is 3.84. The Hall–Kier alpha value is -2.11. The van der Waals surface area contributed by atoms with Crippen LogP contribution in [0.1, 0.15) is 24.8 Å². The second-order valence-electron chi connectivity index (χ2n) is 8.04. The maximum atomic E-state index is 11.8. The molecule has 2 aliphatic heterocycles. The number of fused-ring (bicyclic) bond motifs is 1. The molecule has 0 saturated carbocycles. The summed E-state index contributed by atoms with van der Waals surface area (Å²) < 4.78 is 48.8. The Morgan fingerprint density at radius 2 is 2.10 bits per heavy atom. The fraction of sp³-hybridized carbons (Fsp3) is 0.700. The van der Waals surface area contributed by atoms with Crippen LogP contribution in [-0.4, -0.2) is 86.1 Å². The van der Waals surface area contributed by atoms with Gasteiger partial charge in [0.2, 0.25) is 5.91 Å². The molecule has 1 aromatic rings. The number of piperidine rings is 1. The number of aliphatic carboxylic acids is 1. The summed E-state index contributed by atoms with van der Waals surface area (Å²) in [5, 5.41) is 7.12. The van der Waals surface area contributed by atoms with E-state index in [1.807, 2.05) is 12.3 Å². The Labute approximate surface area is 178 Å². The van der Waals surface area contributed by atoms with E-state index in [9.17, 15) is 18.0 Å². The van der Waals surface area contributed by atoms with Crippen LogP contribution in [0.5, 0.6) is 0 Å². The molecule has 2 unspecified atom stereocenters. The second-order valence-corrected chi connectivity index (χ2v) is 8.04. The number of halogens is 3. The summed E-state index contributed by atoms with van der Waals surface area (Å²) in [7, 11) is 3.51. The predicted molar refractivity (Wildman–Crippen MR) is 103 cm³/mol. The fourth-order valence-electron chi connectivity index (χ4n) is 3.84. The molecule has 11 heteroatoms. The quantitative estimate of drug-likeness (QED) is 0.712. The molecule has 1 amide bonds. The van der Waals surface area contributed by atoms with Crippen molar-refractivity contribution in [2.24, 2.45) is 5.41 Å². The van der Waals surface area contributed by atoms with E-state index in [2.05, 4.69) is 4.90 Å². The number of likely N-dealkylation sites (N-methyl/N-ethyl adjacent to an activating group) is 1. The van der Waals surface area contributed by atoms with Crippen molar-refractivity contribution < 1.29 is 41.8 Å². The number of likely N-dealkylation sites (tertiary alicyclic amines) is 1. The van der Waals surface area contributed by atoms with E-state index in [1.165, 1.54) is 5.56 Å². The van der Waals surface area contributed by atoms with Crippen LogP contribution in [0.25, 0.3) is 0 Å². The first kappa shape index (κ1) is 25.2. The molecular weight excluding hydrogens is 421 g/mol. The number of hydrogen-bond acceptors (Lipinski definition) is 6. The van der Waals surface area contributed by atoms with Gasteiger partial charge >= 0.3 is 12.1 Å². The molecule has 0 aliphatic carbocycles.